The fourth-order valence-corrected chi connectivity index (χ4v) is 2.08. The highest BCUT2D eigenvalue weighted by molar-refractivity contribution is 7.80. The van der Waals surface area contributed by atoms with Gasteiger partial charge in [-0.05, 0) is 61.0 Å². The number of rotatable bonds is 4. The summed E-state index contributed by atoms with van der Waals surface area (Å²) in [5.74, 6) is -0.522. The molecular weight excluding hydrogens is 290 g/mol. The van der Waals surface area contributed by atoms with Crippen molar-refractivity contribution in [1.82, 2.24) is 5.32 Å². The molecule has 0 saturated carbocycles. The highest BCUT2D eigenvalue weighted by atomic mass is 32.1. The second-order valence-electron chi connectivity index (χ2n) is 4.72. The lowest BCUT2D eigenvalue weighted by Gasteiger charge is -2.11. The normalized spacial score (nSPS) is 10.2. The summed E-state index contributed by atoms with van der Waals surface area (Å²) in [7, 11) is 0. The molecule has 0 atom stereocenters. The van der Waals surface area contributed by atoms with Crippen molar-refractivity contribution in [2.45, 2.75) is 13.3 Å². The van der Waals surface area contributed by atoms with Crippen LogP contribution in [0.15, 0.2) is 42.5 Å². The van der Waals surface area contributed by atoms with Crippen molar-refractivity contribution < 1.29 is 8.78 Å². The zero-order valence-electron chi connectivity index (χ0n) is 11.6. The summed E-state index contributed by atoms with van der Waals surface area (Å²) in [6.45, 7) is 2.28. The van der Waals surface area contributed by atoms with E-state index in [1.165, 1.54) is 18.2 Å². The Morgan fingerprint density at radius 3 is 2.67 bits per heavy atom. The van der Waals surface area contributed by atoms with E-state index in [9.17, 15) is 8.78 Å². The van der Waals surface area contributed by atoms with Crippen LogP contribution in [0.4, 0.5) is 14.5 Å². The van der Waals surface area contributed by atoms with Crippen LogP contribution in [-0.2, 0) is 6.42 Å². The predicted octanol–water partition coefficient (Wildman–Crippen LogP) is 3.80. The van der Waals surface area contributed by atoms with Gasteiger partial charge < -0.3 is 10.6 Å². The quantitative estimate of drug-likeness (QED) is 0.840. The molecule has 110 valence electrons. The number of halogens is 2. The van der Waals surface area contributed by atoms with Crippen molar-refractivity contribution in [2.24, 2.45) is 0 Å². The van der Waals surface area contributed by atoms with Crippen LogP contribution in [0.5, 0.6) is 0 Å². The average molecular weight is 306 g/mol. The molecule has 0 fully saturated rings. The molecule has 0 saturated heterocycles. The molecule has 0 aliphatic heterocycles. The van der Waals surface area contributed by atoms with Gasteiger partial charge in [0, 0.05) is 12.2 Å². The predicted molar refractivity (Wildman–Crippen MR) is 85.5 cm³/mol. The average Bonchev–Trinajstić information content (AvgIpc) is 2.43. The Morgan fingerprint density at radius 2 is 1.95 bits per heavy atom. The third-order valence-corrected chi connectivity index (χ3v) is 3.26. The summed E-state index contributed by atoms with van der Waals surface area (Å²) in [5.41, 5.74) is 2.08. The molecule has 5 heteroatoms. The monoisotopic (exact) mass is 306 g/mol. The van der Waals surface area contributed by atoms with E-state index in [1.54, 1.807) is 25.1 Å². The molecule has 0 aliphatic carbocycles. The van der Waals surface area contributed by atoms with Gasteiger partial charge in [0.15, 0.2) is 5.11 Å². The first-order valence-corrected chi connectivity index (χ1v) is 7.01. The number of hydrogen-bond donors (Lipinski definition) is 2. The molecule has 21 heavy (non-hydrogen) atoms. The lowest BCUT2D eigenvalue weighted by Crippen LogP contribution is -2.30. The van der Waals surface area contributed by atoms with Crippen LogP contribution in [-0.4, -0.2) is 11.7 Å². The number of nitrogens with one attached hydrogen (secondary N) is 2. The van der Waals surface area contributed by atoms with E-state index < -0.39 is 0 Å². The van der Waals surface area contributed by atoms with Crippen LogP contribution in [0.1, 0.15) is 11.1 Å². The maximum Gasteiger partial charge on any atom is 0.170 e. The minimum absolute atomic E-state index is 0.247. The third-order valence-electron chi connectivity index (χ3n) is 3.02. The maximum absolute atomic E-state index is 13.4. The van der Waals surface area contributed by atoms with Gasteiger partial charge in [0.2, 0.25) is 0 Å². The first-order chi connectivity index (χ1) is 10.0. The van der Waals surface area contributed by atoms with Crippen molar-refractivity contribution in [1.29, 1.82) is 0 Å². The molecule has 0 amide bonds. The largest absolute Gasteiger partial charge is 0.362 e. The molecule has 0 unspecified atom stereocenters. The molecule has 2 N–H and O–H groups in total. The van der Waals surface area contributed by atoms with Crippen LogP contribution >= 0.6 is 12.2 Å². The molecule has 0 radical (unpaired) electrons. The summed E-state index contributed by atoms with van der Waals surface area (Å²) in [6.07, 6.45) is 0.655. The Hall–Kier alpha value is -2.01. The van der Waals surface area contributed by atoms with E-state index >= 15 is 0 Å². The van der Waals surface area contributed by atoms with Crippen molar-refractivity contribution in [3.8, 4) is 0 Å². The Kier molecular flexibility index (Phi) is 5.22. The molecule has 2 aromatic rings. The van der Waals surface area contributed by atoms with Crippen LogP contribution in [0, 0.1) is 18.6 Å². The summed E-state index contributed by atoms with van der Waals surface area (Å²) in [4.78, 5) is 0. The van der Waals surface area contributed by atoms with Gasteiger partial charge >= 0.3 is 0 Å². The highest BCUT2D eigenvalue weighted by Gasteiger charge is 2.02. The maximum atomic E-state index is 13.4. The summed E-state index contributed by atoms with van der Waals surface area (Å²) in [5, 5.41) is 6.33. The van der Waals surface area contributed by atoms with E-state index in [0.29, 0.717) is 29.3 Å². The lowest BCUT2D eigenvalue weighted by atomic mass is 10.1. The minimum Gasteiger partial charge on any atom is -0.362 e. The highest BCUT2D eigenvalue weighted by Crippen LogP contribution is 2.13. The van der Waals surface area contributed by atoms with Gasteiger partial charge in [-0.15, -0.1) is 0 Å². The van der Waals surface area contributed by atoms with Crippen molar-refractivity contribution in [3.05, 3.63) is 65.2 Å². The molecule has 2 rings (SSSR count). The fourth-order valence-electron chi connectivity index (χ4n) is 1.86. The SMILES string of the molecule is Cc1ccc(NC(=S)NCCc2cccc(F)c2)cc1F. The Morgan fingerprint density at radius 1 is 1.14 bits per heavy atom. The van der Waals surface area contributed by atoms with E-state index in [-0.39, 0.29) is 11.6 Å². The summed E-state index contributed by atoms with van der Waals surface area (Å²) >= 11 is 5.13. The zero-order chi connectivity index (χ0) is 15.2. The van der Waals surface area contributed by atoms with Crippen LogP contribution in [0.2, 0.25) is 0 Å². The van der Waals surface area contributed by atoms with Crippen LogP contribution < -0.4 is 10.6 Å². The summed E-state index contributed by atoms with van der Waals surface area (Å²) < 4.78 is 26.4. The molecular formula is C16H16F2N2S. The topological polar surface area (TPSA) is 24.1 Å². The fraction of sp³-hybridized carbons (Fsp3) is 0.188. The number of anilines is 1. The third kappa shape index (κ3) is 4.79. The van der Waals surface area contributed by atoms with E-state index in [4.69, 9.17) is 12.2 Å². The molecule has 0 aliphatic rings. The van der Waals surface area contributed by atoms with Crippen molar-refractivity contribution in [3.63, 3.8) is 0 Å². The number of thiocarbonyl (C=S) groups is 1. The van der Waals surface area contributed by atoms with Crippen molar-refractivity contribution >= 4 is 23.0 Å². The van der Waals surface area contributed by atoms with E-state index in [1.807, 2.05) is 6.07 Å². The molecule has 2 aromatic carbocycles. The number of hydrogen-bond acceptors (Lipinski definition) is 1. The second kappa shape index (κ2) is 7.13. The van der Waals surface area contributed by atoms with Crippen LogP contribution in [0.3, 0.4) is 0 Å². The first kappa shape index (κ1) is 15.4. The van der Waals surface area contributed by atoms with E-state index in [0.717, 1.165) is 5.56 Å². The van der Waals surface area contributed by atoms with Gasteiger partial charge in [0.25, 0.3) is 0 Å². The summed E-state index contributed by atoms with van der Waals surface area (Å²) in [6, 6.07) is 11.3. The van der Waals surface area contributed by atoms with Crippen LogP contribution in [0.25, 0.3) is 0 Å². The zero-order valence-corrected chi connectivity index (χ0v) is 12.4. The lowest BCUT2D eigenvalue weighted by molar-refractivity contribution is 0.619. The van der Waals surface area contributed by atoms with Gasteiger partial charge in [-0.3, -0.25) is 0 Å². The molecule has 0 bridgehead atoms. The second-order valence-corrected chi connectivity index (χ2v) is 5.13. The Bertz CT molecular complexity index is 644. The van der Waals surface area contributed by atoms with Gasteiger partial charge in [-0.1, -0.05) is 18.2 Å². The smallest absolute Gasteiger partial charge is 0.170 e. The Balaban J connectivity index is 1.81. The van der Waals surface area contributed by atoms with Crippen molar-refractivity contribution in [2.75, 3.05) is 11.9 Å². The van der Waals surface area contributed by atoms with Gasteiger partial charge in [0.05, 0.1) is 0 Å². The molecule has 0 heterocycles. The van der Waals surface area contributed by atoms with E-state index in [2.05, 4.69) is 10.6 Å². The molecule has 0 spiro atoms. The molecule has 0 aromatic heterocycles. The van der Waals surface area contributed by atoms with Gasteiger partial charge in [0.1, 0.15) is 11.6 Å². The molecule has 2 nitrogen and oxygen atoms in total. The Labute approximate surface area is 128 Å². The minimum atomic E-state index is -0.275. The standard InChI is InChI=1S/C16H16F2N2S/c1-11-5-6-14(10-15(11)18)20-16(21)19-8-7-12-3-2-4-13(17)9-12/h2-6,9-10H,7-8H2,1H3,(H2,19,20,21). The van der Waals surface area contributed by atoms with Gasteiger partial charge in [-0.25, -0.2) is 8.78 Å². The first-order valence-electron chi connectivity index (χ1n) is 6.60. The van der Waals surface area contributed by atoms with Gasteiger partial charge in [-0.2, -0.15) is 0 Å². The number of benzene rings is 2. The number of aryl methyl sites for hydroxylation is 1.